The zero-order chi connectivity index (χ0) is 13.7. The number of imidazole rings is 1. The summed E-state index contributed by atoms with van der Waals surface area (Å²) in [6.45, 7) is 3.34. The largest absolute Gasteiger partial charge is 0.337 e. The van der Waals surface area contributed by atoms with E-state index in [9.17, 15) is 0 Å². The van der Waals surface area contributed by atoms with Crippen LogP contribution in [0, 0.1) is 23.2 Å². The molecule has 4 fully saturated rings. The van der Waals surface area contributed by atoms with Gasteiger partial charge in [0.05, 0.1) is 6.54 Å². The Balaban J connectivity index is 1.45. The summed E-state index contributed by atoms with van der Waals surface area (Å²) in [7, 11) is 2.08. The average Bonchev–Trinajstić information content (AvgIpc) is 2.80. The van der Waals surface area contributed by atoms with Gasteiger partial charge in [-0.2, -0.15) is 0 Å². The lowest BCUT2D eigenvalue weighted by atomic mass is 9.48. The van der Waals surface area contributed by atoms with Crippen molar-refractivity contribution in [2.24, 2.45) is 30.2 Å². The van der Waals surface area contributed by atoms with Gasteiger partial charge in [0.15, 0.2) is 0 Å². The fourth-order valence-electron chi connectivity index (χ4n) is 5.74. The van der Waals surface area contributed by atoms with E-state index in [4.69, 9.17) is 0 Å². The summed E-state index contributed by atoms with van der Waals surface area (Å²) in [6, 6.07) is 0.632. The Morgan fingerprint density at radius 1 is 1.25 bits per heavy atom. The Morgan fingerprint density at radius 2 is 1.85 bits per heavy atom. The standard InChI is InChI=1S/C17H27N3/c1-12(19-11-16-18-3-4-20(16)2)17-8-13-5-14(9-17)7-15(6-13)10-17/h3-4,12-15,19H,5-11H2,1-2H3. The molecule has 1 aromatic rings. The molecule has 0 amide bonds. The smallest absolute Gasteiger partial charge is 0.122 e. The van der Waals surface area contributed by atoms with Crippen LogP contribution in [0.4, 0.5) is 0 Å². The first-order valence-corrected chi connectivity index (χ1v) is 8.34. The first-order valence-electron chi connectivity index (χ1n) is 8.34. The van der Waals surface area contributed by atoms with Crippen molar-refractivity contribution in [3.8, 4) is 0 Å². The van der Waals surface area contributed by atoms with Gasteiger partial charge in [0.25, 0.3) is 0 Å². The molecule has 0 spiro atoms. The van der Waals surface area contributed by atoms with Gasteiger partial charge in [0.2, 0.25) is 0 Å². The molecule has 1 atom stereocenters. The van der Waals surface area contributed by atoms with Crippen LogP contribution in [-0.2, 0) is 13.6 Å². The molecule has 1 N–H and O–H groups in total. The van der Waals surface area contributed by atoms with Crippen molar-refractivity contribution in [2.75, 3.05) is 0 Å². The second-order valence-electron chi connectivity index (χ2n) is 7.84. The number of rotatable bonds is 4. The van der Waals surface area contributed by atoms with Crippen molar-refractivity contribution < 1.29 is 0 Å². The molecule has 0 saturated heterocycles. The number of aryl methyl sites for hydroxylation is 1. The fraction of sp³-hybridized carbons (Fsp3) is 0.824. The number of hydrogen-bond acceptors (Lipinski definition) is 2. The van der Waals surface area contributed by atoms with Crippen LogP contribution in [0.5, 0.6) is 0 Å². The van der Waals surface area contributed by atoms with Gasteiger partial charge in [0, 0.05) is 25.5 Å². The highest BCUT2D eigenvalue weighted by Gasteiger charge is 2.52. The third-order valence-corrected chi connectivity index (χ3v) is 6.49. The molecule has 1 heterocycles. The maximum atomic E-state index is 4.43. The topological polar surface area (TPSA) is 29.9 Å². The van der Waals surface area contributed by atoms with Crippen LogP contribution in [-0.4, -0.2) is 15.6 Å². The van der Waals surface area contributed by atoms with Crippen molar-refractivity contribution in [1.82, 2.24) is 14.9 Å². The van der Waals surface area contributed by atoms with E-state index in [-0.39, 0.29) is 0 Å². The average molecular weight is 273 g/mol. The van der Waals surface area contributed by atoms with Gasteiger partial charge in [0.1, 0.15) is 5.82 Å². The molecular formula is C17H27N3. The van der Waals surface area contributed by atoms with Crippen LogP contribution in [0.2, 0.25) is 0 Å². The zero-order valence-corrected chi connectivity index (χ0v) is 12.8. The molecule has 1 unspecified atom stereocenters. The number of nitrogens with zero attached hydrogens (tertiary/aromatic N) is 2. The van der Waals surface area contributed by atoms with Crippen LogP contribution in [0.3, 0.4) is 0 Å². The molecule has 20 heavy (non-hydrogen) atoms. The molecule has 5 rings (SSSR count). The van der Waals surface area contributed by atoms with Gasteiger partial charge in [-0.15, -0.1) is 0 Å². The van der Waals surface area contributed by atoms with E-state index in [0.717, 1.165) is 30.1 Å². The van der Waals surface area contributed by atoms with Crippen LogP contribution >= 0.6 is 0 Å². The minimum absolute atomic E-state index is 0.597. The van der Waals surface area contributed by atoms with Crippen molar-refractivity contribution in [1.29, 1.82) is 0 Å². The fourth-order valence-corrected chi connectivity index (χ4v) is 5.74. The van der Waals surface area contributed by atoms with E-state index in [1.165, 1.54) is 38.5 Å². The molecule has 0 aliphatic heterocycles. The predicted molar refractivity (Wildman–Crippen MR) is 80.1 cm³/mol. The summed E-state index contributed by atoms with van der Waals surface area (Å²) >= 11 is 0. The molecule has 1 aromatic heterocycles. The lowest BCUT2D eigenvalue weighted by Crippen LogP contribution is -2.54. The van der Waals surface area contributed by atoms with Crippen molar-refractivity contribution >= 4 is 0 Å². The molecule has 4 saturated carbocycles. The predicted octanol–water partition coefficient (Wildman–Crippen LogP) is 3.11. The maximum absolute atomic E-state index is 4.43. The molecule has 3 nitrogen and oxygen atoms in total. The number of aromatic nitrogens is 2. The normalized spacial score (nSPS) is 40.2. The van der Waals surface area contributed by atoms with Gasteiger partial charge >= 0.3 is 0 Å². The SMILES string of the molecule is CC(NCc1nccn1C)C12CC3CC(CC(C3)C1)C2. The molecule has 4 aliphatic carbocycles. The lowest BCUT2D eigenvalue weighted by molar-refractivity contribution is -0.0707. The second kappa shape index (κ2) is 4.59. The van der Waals surface area contributed by atoms with Crippen LogP contribution in [0.1, 0.15) is 51.3 Å². The molecular weight excluding hydrogens is 246 g/mol. The zero-order valence-electron chi connectivity index (χ0n) is 12.8. The van der Waals surface area contributed by atoms with Gasteiger partial charge in [-0.1, -0.05) is 0 Å². The maximum Gasteiger partial charge on any atom is 0.122 e. The first kappa shape index (κ1) is 12.9. The Morgan fingerprint density at radius 3 is 2.35 bits per heavy atom. The molecule has 110 valence electrons. The number of hydrogen-bond donors (Lipinski definition) is 1. The molecule has 4 aliphatic rings. The molecule has 0 aromatic carbocycles. The number of nitrogens with one attached hydrogen (secondary N) is 1. The van der Waals surface area contributed by atoms with E-state index in [1.807, 2.05) is 12.4 Å². The van der Waals surface area contributed by atoms with Crippen LogP contribution in [0.15, 0.2) is 12.4 Å². The molecule has 4 bridgehead atoms. The van der Waals surface area contributed by atoms with Crippen molar-refractivity contribution in [2.45, 2.75) is 58.0 Å². The van der Waals surface area contributed by atoms with Crippen molar-refractivity contribution in [3.63, 3.8) is 0 Å². The van der Waals surface area contributed by atoms with E-state index in [2.05, 4.69) is 28.8 Å². The summed E-state index contributed by atoms with van der Waals surface area (Å²) in [5.74, 6) is 4.28. The summed E-state index contributed by atoms with van der Waals surface area (Å²) in [6.07, 6.45) is 13.0. The van der Waals surface area contributed by atoms with Crippen LogP contribution < -0.4 is 5.32 Å². The summed E-state index contributed by atoms with van der Waals surface area (Å²) in [4.78, 5) is 4.43. The summed E-state index contributed by atoms with van der Waals surface area (Å²) in [5.41, 5.74) is 0.597. The Kier molecular flexibility index (Phi) is 2.95. The summed E-state index contributed by atoms with van der Waals surface area (Å²) < 4.78 is 2.12. The highest BCUT2D eigenvalue weighted by atomic mass is 15.1. The highest BCUT2D eigenvalue weighted by Crippen LogP contribution is 2.61. The minimum atomic E-state index is 0.597. The quantitative estimate of drug-likeness (QED) is 0.913. The van der Waals surface area contributed by atoms with E-state index in [0.29, 0.717) is 11.5 Å². The van der Waals surface area contributed by atoms with Gasteiger partial charge < -0.3 is 9.88 Å². The van der Waals surface area contributed by atoms with Crippen molar-refractivity contribution in [3.05, 3.63) is 18.2 Å². The lowest BCUT2D eigenvalue weighted by Gasteiger charge is -2.59. The Hall–Kier alpha value is -0.830. The van der Waals surface area contributed by atoms with E-state index < -0.39 is 0 Å². The first-order chi connectivity index (χ1) is 9.64. The van der Waals surface area contributed by atoms with E-state index in [1.54, 1.807) is 0 Å². The van der Waals surface area contributed by atoms with Gasteiger partial charge in [-0.3, -0.25) is 0 Å². The van der Waals surface area contributed by atoms with Crippen LogP contribution in [0.25, 0.3) is 0 Å². The third-order valence-electron chi connectivity index (χ3n) is 6.49. The Bertz CT molecular complexity index is 455. The van der Waals surface area contributed by atoms with E-state index >= 15 is 0 Å². The third kappa shape index (κ3) is 2.02. The summed E-state index contributed by atoms with van der Waals surface area (Å²) in [5, 5.41) is 3.80. The molecule has 3 heteroatoms. The Labute approximate surface area is 122 Å². The highest BCUT2D eigenvalue weighted by molar-refractivity contribution is 5.05. The monoisotopic (exact) mass is 273 g/mol. The minimum Gasteiger partial charge on any atom is -0.337 e. The van der Waals surface area contributed by atoms with Gasteiger partial charge in [-0.25, -0.2) is 4.98 Å². The van der Waals surface area contributed by atoms with Gasteiger partial charge in [-0.05, 0) is 68.6 Å². The second-order valence-corrected chi connectivity index (χ2v) is 7.84. The molecule has 0 radical (unpaired) electrons.